The highest BCUT2D eigenvalue weighted by Crippen LogP contribution is 2.34. The van der Waals surface area contributed by atoms with Crippen molar-refractivity contribution in [3.05, 3.63) is 46.8 Å². The molecule has 138 valence electrons. The predicted octanol–water partition coefficient (Wildman–Crippen LogP) is 4.04. The van der Waals surface area contributed by atoms with E-state index < -0.39 is 0 Å². The first-order valence-corrected chi connectivity index (χ1v) is 8.71. The number of halogens is 1. The van der Waals surface area contributed by atoms with Crippen LogP contribution in [0, 0.1) is 23.1 Å². The number of carbonyl (C=O) groups excluding carboxylic acids is 1. The molecule has 1 aliphatic heterocycles. The Kier molecular flexibility index (Phi) is 6.57. The monoisotopic (exact) mass is 356 g/mol. The van der Waals surface area contributed by atoms with Gasteiger partial charge in [0, 0.05) is 37.3 Å². The average Bonchev–Trinajstić information content (AvgIpc) is 2.56. The number of likely N-dealkylation sites (tertiary alicyclic amines) is 1. The van der Waals surface area contributed by atoms with Gasteiger partial charge in [0.05, 0.1) is 6.61 Å². The van der Waals surface area contributed by atoms with E-state index in [-0.39, 0.29) is 17.3 Å². The summed E-state index contributed by atoms with van der Waals surface area (Å²) in [6.45, 7) is 7.57. The summed E-state index contributed by atoms with van der Waals surface area (Å²) in [6.07, 6.45) is 3.97. The lowest BCUT2D eigenvalue weighted by molar-refractivity contribution is 0.0862. The lowest BCUT2D eigenvalue weighted by atomic mass is 9.79. The molecule has 1 fully saturated rings. The molecule has 26 heavy (non-hydrogen) atoms. The minimum Gasteiger partial charge on any atom is -0.450 e. The van der Waals surface area contributed by atoms with E-state index in [1.165, 1.54) is 17.7 Å². The van der Waals surface area contributed by atoms with Gasteiger partial charge in [-0.3, -0.25) is 4.99 Å². The molecular formula is C21H25FN2O2. The van der Waals surface area contributed by atoms with Crippen molar-refractivity contribution in [2.75, 3.05) is 26.7 Å². The van der Waals surface area contributed by atoms with Crippen LogP contribution in [0.5, 0.6) is 0 Å². The molecule has 0 radical (unpaired) electrons. The fourth-order valence-electron chi connectivity index (χ4n) is 3.00. The number of aliphatic imine (C=N–C) groups is 1. The first kappa shape index (κ1) is 19.7. The van der Waals surface area contributed by atoms with Crippen LogP contribution in [0.25, 0.3) is 0 Å². The van der Waals surface area contributed by atoms with Gasteiger partial charge in [0.25, 0.3) is 0 Å². The maximum absolute atomic E-state index is 13.6. The molecule has 0 unspecified atom stereocenters. The van der Waals surface area contributed by atoms with Gasteiger partial charge in [-0.15, -0.1) is 0 Å². The normalized spacial score (nSPS) is 17.9. The second kappa shape index (κ2) is 8.66. The van der Waals surface area contributed by atoms with Crippen molar-refractivity contribution >= 4 is 12.3 Å². The summed E-state index contributed by atoms with van der Waals surface area (Å²) in [5.41, 5.74) is 2.30. The van der Waals surface area contributed by atoms with E-state index in [0.29, 0.717) is 30.8 Å². The Bertz CT molecular complexity index is 785. The Morgan fingerprint density at radius 1 is 1.42 bits per heavy atom. The third kappa shape index (κ3) is 5.19. The lowest BCUT2D eigenvalue weighted by Crippen LogP contribution is -2.45. The van der Waals surface area contributed by atoms with E-state index in [2.05, 4.69) is 30.7 Å². The van der Waals surface area contributed by atoms with Gasteiger partial charge in [0.2, 0.25) is 0 Å². The standard InChI is InChI=1S/C21H25FN2O2/c1-5-26-20(25)24-10-9-18(21(2,3)15-24)8-6-7-16-11-17(14-23-4)13-19(22)12-16/h8,11-14H,5,9-10,15H2,1-4H3/b18-8+,23-14?. The van der Waals surface area contributed by atoms with Gasteiger partial charge >= 0.3 is 6.09 Å². The Hall–Kier alpha value is -2.61. The molecule has 1 saturated heterocycles. The molecule has 1 heterocycles. The maximum Gasteiger partial charge on any atom is 0.409 e. The summed E-state index contributed by atoms with van der Waals surface area (Å²) in [6, 6.07) is 4.63. The fraction of sp³-hybridized carbons (Fsp3) is 0.429. The molecule has 1 aromatic carbocycles. The predicted molar refractivity (Wildman–Crippen MR) is 102 cm³/mol. The summed E-state index contributed by atoms with van der Waals surface area (Å²) in [7, 11) is 1.64. The molecule has 0 saturated carbocycles. The van der Waals surface area contributed by atoms with Gasteiger partial charge in [-0.1, -0.05) is 31.3 Å². The topological polar surface area (TPSA) is 41.9 Å². The van der Waals surface area contributed by atoms with Gasteiger partial charge in [-0.25, -0.2) is 9.18 Å². The van der Waals surface area contributed by atoms with E-state index in [9.17, 15) is 9.18 Å². The molecule has 5 heteroatoms. The number of hydrogen-bond donors (Lipinski definition) is 0. The number of amides is 1. The van der Waals surface area contributed by atoms with Crippen LogP contribution in [0.2, 0.25) is 0 Å². The van der Waals surface area contributed by atoms with Gasteiger partial charge in [-0.05, 0) is 43.2 Å². The summed E-state index contributed by atoms with van der Waals surface area (Å²) >= 11 is 0. The highest BCUT2D eigenvalue weighted by atomic mass is 19.1. The fourth-order valence-corrected chi connectivity index (χ4v) is 3.00. The molecule has 1 amide bonds. The van der Waals surface area contributed by atoms with Crippen LogP contribution >= 0.6 is 0 Å². The average molecular weight is 356 g/mol. The van der Waals surface area contributed by atoms with E-state index >= 15 is 0 Å². The molecule has 0 bridgehead atoms. The highest BCUT2D eigenvalue weighted by molar-refractivity contribution is 5.80. The summed E-state index contributed by atoms with van der Waals surface area (Å²) < 4.78 is 18.7. The van der Waals surface area contributed by atoms with E-state index in [4.69, 9.17) is 4.74 Å². The molecule has 0 atom stereocenters. The van der Waals surface area contributed by atoms with Crippen molar-refractivity contribution in [3.8, 4) is 11.8 Å². The van der Waals surface area contributed by atoms with Gasteiger partial charge < -0.3 is 9.64 Å². The molecular weight excluding hydrogens is 331 g/mol. The molecule has 0 aromatic heterocycles. The van der Waals surface area contributed by atoms with Crippen molar-refractivity contribution in [2.45, 2.75) is 27.2 Å². The molecule has 0 aliphatic carbocycles. The quantitative estimate of drug-likeness (QED) is 0.593. The minimum absolute atomic E-state index is 0.179. The van der Waals surface area contributed by atoms with Crippen LogP contribution in [0.4, 0.5) is 9.18 Å². The largest absolute Gasteiger partial charge is 0.450 e. The molecule has 1 aromatic rings. The first-order valence-electron chi connectivity index (χ1n) is 8.71. The number of ether oxygens (including phenoxy) is 1. The minimum atomic E-state index is -0.331. The Labute approximate surface area is 154 Å². The van der Waals surface area contributed by atoms with E-state index in [0.717, 1.165) is 6.42 Å². The van der Waals surface area contributed by atoms with Crippen LogP contribution in [0.15, 0.2) is 34.8 Å². The zero-order chi connectivity index (χ0) is 19.2. The molecule has 4 nitrogen and oxygen atoms in total. The summed E-state index contributed by atoms with van der Waals surface area (Å²) in [5.74, 6) is 5.69. The van der Waals surface area contributed by atoms with Crippen molar-refractivity contribution in [1.82, 2.24) is 4.90 Å². The van der Waals surface area contributed by atoms with E-state index in [1.807, 2.05) is 6.08 Å². The zero-order valence-electron chi connectivity index (χ0n) is 15.8. The number of rotatable bonds is 2. The molecule has 0 spiro atoms. The van der Waals surface area contributed by atoms with Crippen molar-refractivity contribution in [2.24, 2.45) is 10.4 Å². The number of benzene rings is 1. The van der Waals surface area contributed by atoms with Crippen LogP contribution in [-0.2, 0) is 4.74 Å². The maximum atomic E-state index is 13.6. The van der Waals surface area contributed by atoms with Crippen molar-refractivity contribution in [3.63, 3.8) is 0 Å². The molecule has 2 rings (SSSR count). The Morgan fingerprint density at radius 3 is 2.85 bits per heavy atom. The number of carbonyl (C=O) groups is 1. The Morgan fingerprint density at radius 2 is 2.19 bits per heavy atom. The zero-order valence-corrected chi connectivity index (χ0v) is 15.8. The third-order valence-electron chi connectivity index (χ3n) is 4.29. The number of piperidine rings is 1. The van der Waals surface area contributed by atoms with Crippen molar-refractivity contribution in [1.29, 1.82) is 0 Å². The summed E-state index contributed by atoms with van der Waals surface area (Å²) in [5, 5.41) is 0. The lowest BCUT2D eigenvalue weighted by Gasteiger charge is -2.39. The smallest absolute Gasteiger partial charge is 0.409 e. The second-order valence-electron chi connectivity index (χ2n) is 6.85. The van der Waals surface area contributed by atoms with Crippen LogP contribution in [-0.4, -0.2) is 44.0 Å². The van der Waals surface area contributed by atoms with E-state index in [1.54, 1.807) is 31.2 Å². The molecule has 1 aliphatic rings. The SMILES string of the molecule is CCOC(=O)N1CC/C(=C\C#Cc2cc(F)cc(C=NC)c2)C(C)(C)C1. The number of nitrogens with zero attached hydrogens (tertiary/aromatic N) is 2. The third-order valence-corrected chi connectivity index (χ3v) is 4.29. The first-order chi connectivity index (χ1) is 12.4. The van der Waals surface area contributed by atoms with Crippen molar-refractivity contribution < 1.29 is 13.9 Å². The second-order valence-corrected chi connectivity index (χ2v) is 6.85. The number of hydrogen-bond acceptors (Lipinski definition) is 3. The molecule has 0 N–H and O–H groups in total. The van der Waals surface area contributed by atoms with Crippen LogP contribution in [0.1, 0.15) is 38.3 Å². The van der Waals surface area contributed by atoms with Gasteiger partial charge in [0.15, 0.2) is 0 Å². The van der Waals surface area contributed by atoms with Crippen LogP contribution < -0.4 is 0 Å². The van der Waals surface area contributed by atoms with Crippen LogP contribution in [0.3, 0.4) is 0 Å². The van der Waals surface area contributed by atoms with Gasteiger partial charge in [-0.2, -0.15) is 0 Å². The number of allylic oxidation sites excluding steroid dienone is 1. The Balaban J connectivity index is 2.15. The summed E-state index contributed by atoms with van der Waals surface area (Å²) in [4.78, 5) is 17.6. The highest BCUT2D eigenvalue weighted by Gasteiger charge is 2.33. The van der Waals surface area contributed by atoms with Gasteiger partial charge in [0.1, 0.15) is 5.82 Å².